The van der Waals surface area contributed by atoms with Crippen molar-refractivity contribution < 1.29 is 14.3 Å². The van der Waals surface area contributed by atoms with Gasteiger partial charge in [0.05, 0.1) is 5.41 Å². The van der Waals surface area contributed by atoms with Gasteiger partial charge in [-0.25, -0.2) is 0 Å². The normalized spacial score (nSPS) is 24.0. The minimum absolute atomic E-state index is 0.0485. The Morgan fingerprint density at radius 1 is 1.23 bits per heavy atom. The molecule has 2 aliphatic heterocycles. The van der Waals surface area contributed by atoms with E-state index in [0.29, 0.717) is 32.7 Å². The number of rotatable bonds is 6. The molecule has 1 N–H and O–H groups in total. The zero-order valence-corrected chi connectivity index (χ0v) is 18.4. The molecule has 1 aromatic carbocycles. The third-order valence-corrected chi connectivity index (χ3v) is 7.15. The summed E-state index contributed by atoms with van der Waals surface area (Å²) in [5.41, 5.74) is 1.73. The van der Waals surface area contributed by atoms with Gasteiger partial charge in [-0.1, -0.05) is 30.3 Å². The number of hydrogen-bond donors (Lipinski definition) is 1. The number of carbonyl (C=O) groups excluding carboxylic acids is 2. The third kappa shape index (κ3) is 4.30. The van der Waals surface area contributed by atoms with Crippen LogP contribution in [0.1, 0.15) is 38.2 Å². The summed E-state index contributed by atoms with van der Waals surface area (Å²) >= 11 is 1.71. The van der Waals surface area contributed by atoms with Crippen LogP contribution in [-0.4, -0.2) is 49.1 Å². The van der Waals surface area contributed by atoms with Gasteiger partial charge in [-0.2, -0.15) is 0 Å². The molecule has 0 saturated carbocycles. The molecule has 2 aliphatic rings. The van der Waals surface area contributed by atoms with Crippen LogP contribution in [0.5, 0.6) is 0 Å². The summed E-state index contributed by atoms with van der Waals surface area (Å²) in [6, 6.07) is 12.5. The Balaban J connectivity index is 1.63. The van der Waals surface area contributed by atoms with E-state index in [0.717, 1.165) is 31.2 Å². The summed E-state index contributed by atoms with van der Waals surface area (Å²) < 4.78 is 5.64. The maximum atomic E-state index is 13.3. The van der Waals surface area contributed by atoms with E-state index in [9.17, 15) is 9.59 Å². The number of amides is 2. The minimum Gasteiger partial charge on any atom is -0.368 e. The first-order chi connectivity index (χ1) is 14.6. The first-order valence-corrected chi connectivity index (χ1v) is 11.8. The molecule has 160 valence electrons. The van der Waals surface area contributed by atoms with Gasteiger partial charge in [0.1, 0.15) is 6.10 Å². The Morgan fingerprint density at radius 2 is 2.10 bits per heavy atom. The molecule has 6 heteroatoms. The highest BCUT2D eigenvalue weighted by atomic mass is 32.1. The van der Waals surface area contributed by atoms with E-state index >= 15 is 0 Å². The van der Waals surface area contributed by atoms with Crippen molar-refractivity contribution in [3.8, 4) is 10.4 Å². The lowest BCUT2D eigenvalue weighted by atomic mass is 9.73. The number of piperidine rings is 1. The second-order valence-corrected chi connectivity index (χ2v) is 9.26. The number of benzene rings is 1. The smallest absolute Gasteiger partial charge is 0.251 e. The van der Waals surface area contributed by atoms with Crippen LogP contribution >= 0.6 is 11.3 Å². The topological polar surface area (TPSA) is 58.6 Å². The van der Waals surface area contributed by atoms with Crippen LogP contribution in [0.15, 0.2) is 41.8 Å². The molecule has 3 heterocycles. The zero-order valence-electron chi connectivity index (χ0n) is 17.6. The predicted molar refractivity (Wildman–Crippen MR) is 119 cm³/mol. The number of likely N-dealkylation sites (tertiary alicyclic amines) is 1. The maximum Gasteiger partial charge on any atom is 0.251 e. The average molecular weight is 427 g/mol. The van der Waals surface area contributed by atoms with Gasteiger partial charge in [0.15, 0.2) is 0 Å². The summed E-state index contributed by atoms with van der Waals surface area (Å²) in [6.07, 6.45) is 3.62. The van der Waals surface area contributed by atoms with Crippen LogP contribution in [0, 0.1) is 5.41 Å². The third-order valence-electron chi connectivity index (χ3n) is 6.25. The molecule has 2 aromatic rings. The van der Waals surface area contributed by atoms with Gasteiger partial charge in [-0.3, -0.25) is 9.59 Å². The Kier molecular flexibility index (Phi) is 6.54. The highest BCUT2D eigenvalue weighted by molar-refractivity contribution is 7.13. The second kappa shape index (κ2) is 9.31. The molecule has 2 saturated heterocycles. The number of nitrogens with one attached hydrogen (secondary N) is 1. The van der Waals surface area contributed by atoms with Crippen molar-refractivity contribution in [3.05, 3.63) is 47.3 Å². The molecule has 2 fully saturated rings. The molecular formula is C24H30N2O3S. The molecule has 1 aromatic heterocycles. The van der Waals surface area contributed by atoms with Crippen molar-refractivity contribution in [2.24, 2.45) is 5.41 Å². The minimum atomic E-state index is -0.615. The fourth-order valence-electron chi connectivity index (χ4n) is 4.77. The van der Waals surface area contributed by atoms with E-state index in [1.807, 2.05) is 24.0 Å². The molecule has 2 unspecified atom stereocenters. The van der Waals surface area contributed by atoms with Crippen LogP contribution in [-0.2, 0) is 20.7 Å². The van der Waals surface area contributed by atoms with Gasteiger partial charge in [0.2, 0.25) is 5.91 Å². The SMILES string of the molecule is CCNC(=O)C1(Cc2ccccc2-c2cccs2)CCCN(C(=O)C2CCCO2)C1. The molecule has 0 radical (unpaired) electrons. The van der Waals surface area contributed by atoms with Gasteiger partial charge < -0.3 is 15.0 Å². The fraction of sp³-hybridized carbons (Fsp3) is 0.500. The van der Waals surface area contributed by atoms with Gasteiger partial charge in [-0.15, -0.1) is 11.3 Å². The van der Waals surface area contributed by atoms with Crippen molar-refractivity contribution in [3.63, 3.8) is 0 Å². The molecule has 2 atom stereocenters. The van der Waals surface area contributed by atoms with Crippen molar-refractivity contribution in [2.75, 3.05) is 26.2 Å². The van der Waals surface area contributed by atoms with E-state index in [1.165, 1.54) is 10.4 Å². The van der Waals surface area contributed by atoms with Gasteiger partial charge in [0, 0.05) is 31.1 Å². The number of hydrogen-bond acceptors (Lipinski definition) is 4. The van der Waals surface area contributed by atoms with Crippen LogP contribution < -0.4 is 5.32 Å². The maximum absolute atomic E-state index is 13.3. The average Bonchev–Trinajstić information content (AvgIpc) is 3.48. The highest BCUT2D eigenvalue weighted by Crippen LogP contribution is 2.38. The van der Waals surface area contributed by atoms with Crippen molar-refractivity contribution >= 4 is 23.2 Å². The summed E-state index contributed by atoms with van der Waals surface area (Å²) in [7, 11) is 0. The van der Waals surface area contributed by atoms with Crippen LogP contribution in [0.25, 0.3) is 10.4 Å². The van der Waals surface area contributed by atoms with E-state index in [1.54, 1.807) is 11.3 Å². The van der Waals surface area contributed by atoms with Crippen LogP contribution in [0.3, 0.4) is 0 Å². The molecule has 0 aliphatic carbocycles. The summed E-state index contributed by atoms with van der Waals surface area (Å²) in [6.45, 7) is 4.35. The first kappa shape index (κ1) is 21.1. The molecule has 0 bridgehead atoms. The van der Waals surface area contributed by atoms with Crippen LogP contribution in [0.2, 0.25) is 0 Å². The Morgan fingerprint density at radius 3 is 2.83 bits per heavy atom. The molecule has 30 heavy (non-hydrogen) atoms. The van der Waals surface area contributed by atoms with Gasteiger partial charge in [0.25, 0.3) is 5.91 Å². The van der Waals surface area contributed by atoms with Gasteiger partial charge >= 0.3 is 0 Å². The Labute approximate surface area is 182 Å². The van der Waals surface area contributed by atoms with Crippen LogP contribution in [0.4, 0.5) is 0 Å². The molecule has 5 nitrogen and oxygen atoms in total. The van der Waals surface area contributed by atoms with Crippen molar-refractivity contribution in [1.82, 2.24) is 10.2 Å². The standard InChI is InChI=1S/C24H30N2O3S/c1-2-25-23(28)24(12-7-13-26(17-24)22(27)20-10-5-14-29-20)16-18-8-3-4-9-19(18)21-11-6-15-30-21/h3-4,6,8-9,11,15,20H,2,5,7,10,12-14,16-17H2,1H3,(H,25,28). The molecule has 2 amide bonds. The number of thiophene rings is 1. The lowest BCUT2D eigenvalue weighted by Gasteiger charge is -2.42. The van der Waals surface area contributed by atoms with E-state index in [2.05, 4.69) is 35.0 Å². The summed E-state index contributed by atoms with van der Waals surface area (Å²) in [4.78, 5) is 29.5. The van der Waals surface area contributed by atoms with Crippen molar-refractivity contribution in [2.45, 2.75) is 45.1 Å². The van der Waals surface area contributed by atoms with Crippen molar-refractivity contribution in [1.29, 1.82) is 0 Å². The van der Waals surface area contributed by atoms with E-state index < -0.39 is 5.41 Å². The first-order valence-electron chi connectivity index (χ1n) is 10.9. The largest absolute Gasteiger partial charge is 0.368 e. The summed E-state index contributed by atoms with van der Waals surface area (Å²) in [5, 5.41) is 5.13. The molecule has 0 spiro atoms. The number of nitrogens with zero attached hydrogens (tertiary/aromatic N) is 1. The summed E-state index contributed by atoms with van der Waals surface area (Å²) in [5.74, 6) is 0.100. The quantitative estimate of drug-likeness (QED) is 0.763. The lowest BCUT2D eigenvalue weighted by molar-refractivity contribution is -0.148. The second-order valence-electron chi connectivity index (χ2n) is 8.32. The number of ether oxygens (including phenoxy) is 1. The van der Waals surface area contributed by atoms with E-state index in [-0.39, 0.29) is 17.9 Å². The molecular weight excluding hydrogens is 396 g/mol. The lowest BCUT2D eigenvalue weighted by Crippen LogP contribution is -2.56. The highest BCUT2D eigenvalue weighted by Gasteiger charge is 2.45. The molecule has 4 rings (SSSR count). The zero-order chi connectivity index (χ0) is 21.0. The Bertz CT molecular complexity index is 876. The fourth-order valence-corrected chi connectivity index (χ4v) is 5.55. The predicted octanol–water partition coefficient (Wildman–Crippen LogP) is 3.88. The Hall–Kier alpha value is -2.18. The van der Waals surface area contributed by atoms with Gasteiger partial charge in [-0.05, 0) is 61.6 Å². The van der Waals surface area contributed by atoms with E-state index in [4.69, 9.17) is 4.74 Å². The monoisotopic (exact) mass is 426 g/mol. The number of carbonyl (C=O) groups is 2.